The molecule has 0 aliphatic heterocycles. The number of carbonyl (C=O) groups is 1. The molecule has 0 fully saturated rings. The van der Waals surface area contributed by atoms with E-state index in [1.165, 1.54) is 0 Å². The van der Waals surface area contributed by atoms with Gasteiger partial charge in [0.25, 0.3) is 5.91 Å². The number of hydrogen-bond donors (Lipinski definition) is 2. The van der Waals surface area contributed by atoms with Crippen LogP contribution in [0.3, 0.4) is 0 Å². The quantitative estimate of drug-likeness (QED) is 0.753. The van der Waals surface area contributed by atoms with Gasteiger partial charge in [0.2, 0.25) is 0 Å². The molecule has 1 atom stereocenters. The molecule has 0 aliphatic rings. The molecule has 1 aromatic rings. The molecule has 1 amide bonds. The molecular formula is C12H18N2O3. The van der Waals surface area contributed by atoms with Crippen molar-refractivity contribution in [3.63, 3.8) is 0 Å². The van der Waals surface area contributed by atoms with E-state index in [1.807, 2.05) is 12.1 Å². The summed E-state index contributed by atoms with van der Waals surface area (Å²) in [6, 6.07) is 5.48. The Hall–Kier alpha value is -1.75. The molecule has 0 aromatic heterocycles. The van der Waals surface area contributed by atoms with Crippen molar-refractivity contribution in [2.75, 3.05) is 13.7 Å². The van der Waals surface area contributed by atoms with Crippen LogP contribution in [0.5, 0.6) is 11.5 Å². The molecule has 0 saturated carbocycles. The molecule has 1 unspecified atom stereocenters. The first-order chi connectivity index (χ1) is 8.08. The van der Waals surface area contributed by atoms with Gasteiger partial charge in [0.15, 0.2) is 17.6 Å². The summed E-state index contributed by atoms with van der Waals surface area (Å²) >= 11 is 0. The molecule has 94 valence electrons. The largest absolute Gasteiger partial charge is 0.493 e. The Morgan fingerprint density at radius 1 is 1.41 bits per heavy atom. The number of nitrogens with two attached hydrogens (primary N) is 2. The predicted octanol–water partition coefficient (Wildman–Crippen LogP) is 0.449. The molecule has 5 nitrogen and oxygen atoms in total. The Kier molecular flexibility index (Phi) is 4.78. The minimum atomic E-state index is -0.691. The van der Waals surface area contributed by atoms with Crippen molar-refractivity contribution in [3.8, 4) is 11.5 Å². The van der Waals surface area contributed by atoms with Crippen LogP contribution < -0.4 is 20.9 Å². The van der Waals surface area contributed by atoms with Gasteiger partial charge in [-0.15, -0.1) is 0 Å². The van der Waals surface area contributed by atoms with Crippen LogP contribution in [0.4, 0.5) is 0 Å². The fourth-order valence-corrected chi connectivity index (χ4v) is 1.38. The summed E-state index contributed by atoms with van der Waals surface area (Å²) in [4.78, 5) is 10.9. The number of hydrogen-bond acceptors (Lipinski definition) is 4. The molecule has 0 saturated heterocycles. The Morgan fingerprint density at radius 3 is 2.65 bits per heavy atom. The third-order valence-corrected chi connectivity index (χ3v) is 2.37. The lowest BCUT2D eigenvalue weighted by Gasteiger charge is -2.15. The van der Waals surface area contributed by atoms with Crippen molar-refractivity contribution in [1.29, 1.82) is 0 Å². The van der Waals surface area contributed by atoms with E-state index in [0.717, 1.165) is 12.0 Å². The fraction of sp³-hybridized carbons (Fsp3) is 0.417. The van der Waals surface area contributed by atoms with Crippen LogP contribution in [0.15, 0.2) is 18.2 Å². The molecule has 1 rings (SSSR count). The second-order valence-corrected chi connectivity index (χ2v) is 3.69. The molecule has 1 aromatic carbocycles. The maximum atomic E-state index is 10.9. The maximum Gasteiger partial charge on any atom is 0.258 e. The number of benzene rings is 1. The van der Waals surface area contributed by atoms with Gasteiger partial charge in [-0.25, -0.2) is 0 Å². The summed E-state index contributed by atoms with van der Waals surface area (Å²) in [5, 5.41) is 0. The third kappa shape index (κ3) is 3.64. The summed E-state index contributed by atoms with van der Waals surface area (Å²) in [6.45, 7) is 2.16. The topological polar surface area (TPSA) is 87.6 Å². The molecule has 5 heteroatoms. The van der Waals surface area contributed by atoms with Gasteiger partial charge in [0.05, 0.1) is 7.11 Å². The van der Waals surface area contributed by atoms with Gasteiger partial charge in [0.1, 0.15) is 0 Å². The van der Waals surface area contributed by atoms with E-state index in [2.05, 4.69) is 0 Å². The van der Waals surface area contributed by atoms with Gasteiger partial charge in [-0.05, 0) is 37.6 Å². The number of primary amides is 1. The number of ether oxygens (including phenoxy) is 2. The van der Waals surface area contributed by atoms with Gasteiger partial charge >= 0.3 is 0 Å². The van der Waals surface area contributed by atoms with E-state index >= 15 is 0 Å². The maximum absolute atomic E-state index is 10.9. The zero-order valence-corrected chi connectivity index (χ0v) is 10.1. The monoisotopic (exact) mass is 238 g/mol. The SMILES string of the molecule is COc1cc(CCN)ccc1OC(C)C(N)=O. The van der Waals surface area contributed by atoms with Crippen LogP contribution in [0.2, 0.25) is 0 Å². The van der Waals surface area contributed by atoms with Crippen LogP contribution in [0, 0.1) is 0 Å². The fourth-order valence-electron chi connectivity index (χ4n) is 1.38. The summed E-state index contributed by atoms with van der Waals surface area (Å²) in [7, 11) is 1.54. The van der Waals surface area contributed by atoms with E-state index in [4.69, 9.17) is 20.9 Å². The Balaban J connectivity index is 2.88. The zero-order valence-electron chi connectivity index (χ0n) is 10.1. The lowest BCUT2D eigenvalue weighted by atomic mass is 10.1. The number of amides is 1. The second kappa shape index (κ2) is 6.10. The van der Waals surface area contributed by atoms with Crippen LogP contribution >= 0.6 is 0 Å². The highest BCUT2D eigenvalue weighted by molar-refractivity contribution is 5.78. The number of rotatable bonds is 6. The first kappa shape index (κ1) is 13.3. The van der Waals surface area contributed by atoms with Gasteiger partial charge in [-0.3, -0.25) is 4.79 Å². The molecule has 0 bridgehead atoms. The van der Waals surface area contributed by atoms with Crippen LogP contribution in [0.25, 0.3) is 0 Å². The predicted molar refractivity (Wildman–Crippen MR) is 65.0 cm³/mol. The normalized spacial score (nSPS) is 11.9. The van der Waals surface area contributed by atoms with Gasteiger partial charge in [-0.2, -0.15) is 0 Å². The van der Waals surface area contributed by atoms with Crippen molar-refractivity contribution < 1.29 is 14.3 Å². The highest BCUT2D eigenvalue weighted by Gasteiger charge is 2.13. The van der Waals surface area contributed by atoms with Crippen molar-refractivity contribution in [1.82, 2.24) is 0 Å². The van der Waals surface area contributed by atoms with E-state index < -0.39 is 12.0 Å². The molecule has 0 heterocycles. The standard InChI is InChI=1S/C12H18N2O3/c1-8(12(14)15)17-10-4-3-9(5-6-13)7-11(10)16-2/h3-4,7-8H,5-6,13H2,1-2H3,(H2,14,15). The summed E-state index contributed by atoms with van der Waals surface area (Å²) < 4.78 is 10.6. The van der Waals surface area contributed by atoms with Crippen molar-refractivity contribution in [2.24, 2.45) is 11.5 Å². The van der Waals surface area contributed by atoms with E-state index in [1.54, 1.807) is 20.1 Å². The lowest BCUT2D eigenvalue weighted by molar-refractivity contribution is -0.124. The van der Waals surface area contributed by atoms with Crippen molar-refractivity contribution in [3.05, 3.63) is 23.8 Å². The van der Waals surface area contributed by atoms with Gasteiger partial charge in [0, 0.05) is 0 Å². The van der Waals surface area contributed by atoms with Crippen molar-refractivity contribution >= 4 is 5.91 Å². The van der Waals surface area contributed by atoms with Crippen LogP contribution in [-0.4, -0.2) is 25.7 Å². The van der Waals surface area contributed by atoms with E-state index in [-0.39, 0.29) is 0 Å². The highest BCUT2D eigenvalue weighted by Crippen LogP contribution is 2.29. The molecular weight excluding hydrogens is 220 g/mol. The van der Waals surface area contributed by atoms with Crippen LogP contribution in [0.1, 0.15) is 12.5 Å². The molecule has 0 radical (unpaired) electrons. The third-order valence-electron chi connectivity index (χ3n) is 2.37. The lowest BCUT2D eigenvalue weighted by Crippen LogP contribution is -2.30. The highest BCUT2D eigenvalue weighted by atomic mass is 16.5. The second-order valence-electron chi connectivity index (χ2n) is 3.69. The summed E-state index contributed by atoms with van der Waals surface area (Å²) in [5.74, 6) is 0.557. The van der Waals surface area contributed by atoms with Gasteiger partial charge < -0.3 is 20.9 Å². The Bertz CT molecular complexity index is 393. The van der Waals surface area contributed by atoms with E-state index in [9.17, 15) is 4.79 Å². The Labute approximate surface area is 101 Å². The minimum Gasteiger partial charge on any atom is -0.493 e. The summed E-state index contributed by atoms with van der Waals surface area (Å²) in [6.07, 6.45) is 0.0754. The van der Waals surface area contributed by atoms with E-state index in [0.29, 0.717) is 18.0 Å². The number of carbonyl (C=O) groups excluding carboxylic acids is 1. The smallest absolute Gasteiger partial charge is 0.258 e. The average molecular weight is 238 g/mol. The molecule has 17 heavy (non-hydrogen) atoms. The summed E-state index contributed by atoms with van der Waals surface area (Å²) in [5.41, 5.74) is 11.7. The molecule has 0 spiro atoms. The Morgan fingerprint density at radius 2 is 2.12 bits per heavy atom. The first-order valence-electron chi connectivity index (χ1n) is 5.41. The molecule has 4 N–H and O–H groups in total. The first-order valence-corrected chi connectivity index (χ1v) is 5.41. The zero-order chi connectivity index (χ0) is 12.8. The average Bonchev–Trinajstić information content (AvgIpc) is 2.31. The minimum absolute atomic E-state index is 0.500. The van der Waals surface area contributed by atoms with Crippen molar-refractivity contribution in [2.45, 2.75) is 19.4 Å². The van der Waals surface area contributed by atoms with Gasteiger partial charge in [-0.1, -0.05) is 6.07 Å². The molecule has 0 aliphatic carbocycles. The number of methoxy groups -OCH3 is 1. The van der Waals surface area contributed by atoms with Crippen LogP contribution in [-0.2, 0) is 11.2 Å².